The number of phenolic OH excluding ortho intramolecular Hbond substituents is 1. The summed E-state index contributed by atoms with van der Waals surface area (Å²) < 4.78 is 0. The second-order valence-corrected chi connectivity index (χ2v) is 34.4. The third-order valence-electron chi connectivity index (χ3n) is 21.4. The van der Waals surface area contributed by atoms with Crippen LogP contribution in [-0.2, 0) is 86.4 Å². The Morgan fingerprint density at radius 2 is 0.515 bits per heavy atom. The maximum atomic E-state index is 15.0. The molecule has 42 nitrogen and oxygen atoms in total. The van der Waals surface area contributed by atoms with E-state index in [-0.39, 0.29) is 184 Å². The summed E-state index contributed by atoms with van der Waals surface area (Å²) >= 11 is 0. The van der Waals surface area contributed by atoms with E-state index in [4.69, 9.17) is 57.3 Å². The quantitative estimate of drug-likeness (QED) is 0.0152. The van der Waals surface area contributed by atoms with E-state index in [2.05, 4.69) is 79.1 Å². The second kappa shape index (κ2) is 64.2. The molecule has 14 atom stereocenters. The van der Waals surface area contributed by atoms with Crippen molar-refractivity contribution in [1.29, 1.82) is 0 Å². The molecule has 738 valence electrons. The Hall–Kier alpha value is -11.7. The molecule has 0 radical (unpaired) electrons. The highest BCUT2D eigenvalue weighted by Crippen LogP contribution is 2.19. The molecular formula is C90H151N25O17. The second-order valence-electron chi connectivity index (χ2n) is 34.4. The van der Waals surface area contributed by atoms with Crippen molar-refractivity contribution in [1.82, 2.24) is 69.1 Å². The van der Waals surface area contributed by atoms with Crippen molar-refractivity contribution in [2.45, 2.75) is 287 Å². The van der Waals surface area contributed by atoms with Gasteiger partial charge < -0.3 is 142 Å². The monoisotopic (exact) mass is 1850 g/mol. The summed E-state index contributed by atoms with van der Waals surface area (Å²) in [6.45, 7) is 10.9. The van der Waals surface area contributed by atoms with Crippen LogP contribution < -0.4 is 126 Å². The summed E-state index contributed by atoms with van der Waals surface area (Å²) in [5.74, 6) is -13.8. The molecule has 0 aliphatic rings. The van der Waals surface area contributed by atoms with E-state index < -0.39 is 174 Å². The topological polar surface area (TPSA) is 741 Å². The normalized spacial score (nSPS) is 14.4. The van der Waals surface area contributed by atoms with Gasteiger partial charge >= 0.3 is 5.97 Å². The molecule has 0 aromatic heterocycles. The Bertz CT molecular complexity index is 4090. The summed E-state index contributed by atoms with van der Waals surface area (Å²) in [5.41, 5.74) is 59.4. The number of guanidine groups is 2. The number of hydrogen-bond acceptors (Lipinski definition) is 24. The Labute approximate surface area is 774 Å². The number of aliphatic hydroxyl groups is 1. The molecule has 0 bridgehead atoms. The van der Waals surface area contributed by atoms with Crippen LogP contribution >= 0.6 is 0 Å². The number of nitrogens with one attached hydrogen (secondary N) is 13. The highest BCUT2D eigenvalue weighted by Gasteiger charge is 2.39. The number of unbranched alkanes of at least 4 members (excludes halogenated alkanes) is 5. The minimum atomic E-state index is -1.81. The number of carbonyl (C=O) groups is 14. The van der Waals surface area contributed by atoms with Gasteiger partial charge in [-0.2, -0.15) is 0 Å². The molecule has 36 N–H and O–H groups in total. The lowest BCUT2D eigenvalue weighted by Crippen LogP contribution is -2.61. The smallest absolute Gasteiger partial charge is 0.326 e. The highest BCUT2D eigenvalue weighted by atomic mass is 16.4. The van der Waals surface area contributed by atoms with Crippen LogP contribution in [0.4, 0.5) is 0 Å². The van der Waals surface area contributed by atoms with Crippen molar-refractivity contribution < 1.29 is 82.4 Å². The van der Waals surface area contributed by atoms with Crippen molar-refractivity contribution in [2.24, 2.45) is 85.1 Å². The average Bonchev–Trinajstić information content (AvgIpc) is 0.848. The first kappa shape index (κ1) is 114. The van der Waals surface area contributed by atoms with Crippen LogP contribution in [0.5, 0.6) is 5.75 Å². The molecule has 13 amide bonds. The van der Waals surface area contributed by atoms with Crippen LogP contribution in [0, 0.1) is 17.8 Å². The summed E-state index contributed by atoms with van der Waals surface area (Å²) in [6.07, 6.45) is 3.77. The number of nitrogens with zero attached hydrogens (tertiary/aromatic N) is 2. The Balaban J connectivity index is 2.02. The number of aliphatic hydroxyl groups excluding tert-OH is 1. The van der Waals surface area contributed by atoms with Crippen LogP contribution in [0.3, 0.4) is 0 Å². The zero-order chi connectivity index (χ0) is 98.2. The van der Waals surface area contributed by atoms with Gasteiger partial charge in [0.2, 0.25) is 76.8 Å². The highest BCUT2D eigenvalue weighted by molar-refractivity contribution is 6.00. The number of phenols is 1. The molecule has 0 unspecified atom stereocenters. The van der Waals surface area contributed by atoms with Crippen molar-refractivity contribution in [3.8, 4) is 5.75 Å². The van der Waals surface area contributed by atoms with Gasteiger partial charge in [0.25, 0.3) is 0 Å². The Kier molecular flexibility index (Phi) is 55.6. The first-order valence-corrected chi connectivity index (χ1v) is 45.9. The van der Waals surface area contributed by atoms with Gasteiger partial charge in [0, 0.05) is 32.4 Å². The van der Waals surface area contributed by atoms with E-state index in [1.807, 2.05) is 13.8 Å². The van der Waals surface area contributed by atoms with Gasteiger partial charge in [0.15, 0.2) is 11.9 Å². The van der Waals surface area contributed by atoms with Gasteiger partial charge in [-0.15, -0.1) is 0 Å². The maximum Gasteiger partial charge on any atom is 0.326 e. The van der Waals surface area contributed by atoms with E-state index in [9.17, 15) is 82.4 Å². The lowest BCUT2D eigenvalue weighted by Gasteiger charge is -2.29. The molecule has 0 aliphatic heterocycles. The van der Waals surface area contributed by atoms with Gasteiger partial charge in [-0.05, 0) is 214 Å². The van der Waals surface area contributed by atoms with Crippen molar-refractivity contribution in [2.75, 3.05) is 52.4 Å². The van der Waals surface area contributed by atoms with Crippen LogP contribution in [0.15, 0.2) is 94.9 Å². The van der Waals surface area contributed by atoms with Crippen molar-refractivity contribution in [3.63, 3.8) is 0 Å². The number of amides is 13. The number of carboxylic acids is 1. The minimum absolute atomic E-state index is 0.0110. The predicted molar refractivity (Wildman–Crippen MR) is 503 cm³/mol. The van der Waals surface area contributed by atoms with Crippen LogP contribution in [0.2, 0.25) is 0 Å². The molecule has 3 rings (SSSR count). The first-order chi connectivity index (χ1) is 62.9. The van der Waals surface area contributed by atoms with Gasteiger partial charge in [0.1, 0.15) is 84.3 Å². The fraction of sp³-hybridized carbons (Fsp3) is 0.622. The average molecular weight is 1860 g/mol. The number of hydrogen-bond donors (Lipinski definition) is 26. The number of nitrogens with two attached hydrogens (primary N) is 10. The number of aromatic hydroxyl groups is 1. The molecule has 0 spiro atoms. The summed E-state index contributed by atoms with van der Waals surface area (Å²) in [7, 11) is 0. The molecule has 3 aromatic rings. The number of benzene rings is 3. The molecule has 0 saturated carbocycles. The number of carboxylic acid groups (broad SMARTS) is 1. The van der Waals surface area contributed by atoms with E-state index in [0.717, 1.165) is 0 Å². The zero-order valence-corrected chi connectivity index (χ0v) is 77.5. The molecular weight excluding hydrogens is 1700 g/mol. The summed E-state index contributed by atoms with van der Waals surface area (Å²) in [4.78, 5) is 210. The van der Waals surface area contributed by atoms with E-state index in [1.165, 1.54) is 24.3 Å². The number of aliphatic imine (C=N–C) groups is 2. The summed E-state index contributed by atoms with van der Waals surface area (Å²) in [5, 5.41) is 66.1. The maximum absolute atomic E-state index is 15.0. The molecule has 0 heterocycles. The number of rotatable bonds is 68. The number of aliphatic carboxylic acids is 1. The van der Waals surface area contributed by atoms with Gasteiger partial charge in [0.05, 0.1) is 12.6 Å². The van der Waals surface area contributed by atoms with E-state index in [0.29, 0.717) is 74.6 Å². The lowest BCUT2D eigenvalue weighted by molar-refractivity contribution is -0.142. The summed E-state index contributed by atoms with van der Waals surface area (Å²) in [6, 6.07) is 3.24. The van der Waals surface area contributed by atoms with Crippen LogP contribution in [0.25, 0.3) is 0 Å². The first-order valence-electron chi connectivity index (χ1n) is 45.9. The molecule has 132 heavy (non-hydrogen) atoms. The fourth-order valence-corrected chi connectivity index (χ4v) is 14.3. The Morgan fingerprint density at radius 3 is 0.795 bits per heavy atom. The van der Waals surface area contributed by atoms with Crippen LogP contribution in [-0.4, -0.2) is 247 Å². The van der Waals surface area contributed by atoms with Crippen molar-refractivity contribution in [3.05, 3.63) is 102 Å². The van der Waals surface area contributed by atoms with E-state index >= 15 is 0 Å². The largest absolute Gasteiger partial charge is 0.508 e. The lowest BCUT2D eigenvalue weighted by atomic mass is 9.99. The molecule has 0 fully saturated rings. The molecule has 42 heteroatoms. The van der Waals surface area contributed by atoms with Gasteiger partial charge in [-0.3, -0.25) is 72.3 Å². The van der Waals surface area contributed by atoms with Gasteiger partial charge in [-0.25, -0.2) is 4.79 Å². The van der Waals surface area contributed by atoms with E-state index in [1.54, 1.807) is 88.4 Å². The zero-order valence-electron chi connectivity index (χ0n) is 77.5. The number of carbonyl (C=O) groups excluding carboxylic acids is 13. The third-order valence-corrected chi connectivity index (χ3v) is 21.4. The van der Waals surface area contributed by atoms with Gasteiger partial charge in [-0.1, -0.05) is 121 Å². The molecule has 0 aliphatic carbocycles. The fourth-order valence-electron chi connectivity index (χ4n) is 14.3. The third kappa shape index (κ3) is 46.4. The minimum Gasteiger partial charge on any atom is -0.508 e. The standard InChI is InChI=1S/C90H151N25O17/c1-54(2)47-68(109-78(121)63(31-15-20-42-93)104-76(119)62(30-14-19-41-92)107-85(128)71(50-57-25-9-7-10-26-57)113-84(127)70(49-56(5)6)110-80(123)66(34-23-45-101-89(97)98)103-75(118)61(96)29-13-18-40-91)82(125)106-64(32-16-21-43-94)79(122)112-72(51-58-27-11-8-12-28-58)86(129)115-74(53-116)87(130)111-69(48-55(3)4)83(126)108-67(35-24-46-102-90(99)100)77(120)105-65(33-17-22-44-95)81(124)114-73(88(131)132)52-59-36-38-60(117)39-37-59/h7-12,25-28,36-39,54-56,61-74,116-117H,13-24,29-35,40-53,91-96H2,1-6H3,(H,103,118)(H,104,119)(H,105,120)(H,106,125)(H,107,128)(H,108,126)(H,109,121)(H,110,123)(H,111,130)(H,112,122)(H,113,127)(H,114,124)(H,115,129)(H,131,132)(H4,97,98,101)(H4,99,100,102)/t61-,62-,63-,64-,65-,66-,67-,68-,69-,70-,71-,72-,73-,74-/m0/s1. The molecule has 0 saturated heterocycles. The predicted octanol–water partition coefficient (Wildman–Crippen LogP) is -2.98. The van der Waals surface area contributed by atoms with Crippen LogP contribution in [0.1, 0.15) is 199 Å². The molecule has 3 aromatic carbocycles. The Morgan fingerprint density at radius 1 is 0.288 bits per heavy atom. The SMILES string of the molecule is CC(C)C[C@H](NC(=O)[C@H](CO)NC(=O)[C@H](Cc1ccccc1)NC(=O)[C@H](CCCCN)NC(=O)[C@H](CC(C)C)NC(=O)[C@H](CCCCN)NC(=O)[C@H](CCCCN)NC(=O)[C@H](Cc1ccccc1)NC(=O)[C@H](CC(C)C)NC(=O)[C@H](CCCN=C(N)N)NC(=O)[C@@H](N)CCCCN)C(=O)N[C@@H](CCCN=C(N)N)C(=O)N[C@@H](CCCCN)C(=O)N[C@@H](Cc1ccc(O)cc1)C(=O)O. The van der Waals surface area contributed by atoms with Crippen molar-refractivity contribution >= 4 is 94.7 Å².